The van der Waals surface area contributed by atoms with Crippen LogP contribution in [-0.2, 0) is 4.74 Å². The Bertz CT molecular complexity index is 160. The van der Waals surface area contributed by atoms with Crippen molar-refractivity contribution in [3.05, 3.63) is 22.6 Å². The van der Waals surface area contributed by atoms with Gasteiger partial charge in [0.1, 0.15) is 0 Å². The monoisotopic (exact) mass is 125 g/mol. The van der Waals surface area contributed by atoms with Crippen LogP contribution in [-0.4, -0.2) is 19.3 Å². The van der Waals surface area contributed by atoms with Crippen LogP contribution in [0, 0.1) is 0 Å². The maximum absolute atomic E-state index is 7.99. The van der Waals surface area contributed by atoms with Gasteiger partial charge in [-0.25, -0.2) is 0 Å². The molecule has 1 rings (SSSR count). The molecule has 0 saturated carbocycles. The first-order chi connectivity index (χ1) is 4.43. The van der Waals surface area contributed by atoms with Crippen molar-refractivity contribution in [2.45, 2.75) is 6.04 Å². The molecule has 1 aliphatic heterocycles. The van der Waals surface area contributed by atoms with Crippen molar-refractivity contribution < 1.29 is 4.74 Å². The van der Waals surface area contributed by atoms with Gasteiger partial charge in [-0.3, -0.25) is 0 Å². The zero-order valence-corrected chi connectivity index (χ0v) is 4.90. The molecule has 0 aromatic heterocycles. The molecule has 1 aliphatic rings. The molecule has 0 fully saturated rings. The van der Waals surface area contributed by atoms with Crippen molar-refractivity contribution in [3.8, 4) is 0 Å². The first-order valence-electron chi connectivity index (χ1n) is 2.72. The first kappa shape index (κ1) is 6.13. The highest BCUT2D eigenvalue weighted by atomic mass is 16.5. The maximum Gasteiger partial charge on any atom is 0.0790 e. The van der Waals surface area contributed by atoms with Gasteiger partial charge in [0.15, 0.2) is 0 Å². The van der Waals surface area contributed by atoms with Gasteiger partial charge in [-0.15, -0.1) is 0 Å². The smallest absolute Gasteiger partial charge is 0.0790 e. The van der Waals surface area contributed by atoms with Gasteiger partial charge in [0, 0.05) is 4.91 Å². The molecule has 0 amide bonds. The largest absolute Gasteiger partial charge is 0.377 e. The Morgan fingerprint density at radius 1 is 1.78 bits per heavy atom. The Hall–Kier alpha value is -0.990. The molecule has 0 aromatic carbocycles. The van der Waals surface area contributed by atoms with Crippen LogP contribution in [0.15, 0.2) is 17.3 Å². The average molecular weight is 125 g/mol. The van der Waals surface area contributed by atoms with E-state index in [-0.39, 0.29) is 6.04 Å². The van der Waals surface area contributed by atoms with Gasteiger partial charge >= 0.3 is 0 Å². The highest BCUT2D eigenvalue weighted by Gasteiger charge is 2.03. The fraction of sp³-hybridized carbons (Fsp3) is 0.600. The highest BCUT2D eigenvalue weighted by Crippen LogP contribution is 2.00. The third-order valence-corrected chi connectivity index (χ3v) is 1.06. The minimum Gasteiger partial charge on any atom is -0.377 e. The summed E-state index contributed by atoms with van der Waals surface area (Å²) in [5.41, 5.74) is 7.99. The van der Waals surface area contributed by atoms with Gasteiger partial charge in [-0.05, 0) is 5.53 Å². The van der Waals surface area contributed by atoms with Crippen molar-refractivity contribution in [3.63, 3.8) is 0 Å². The number of ether oxygens (including phenoxy) is 1. The molecular weight excluding hydrogens is 118 g/mol. The predicted octanol–water partition coefficient (Wildman–Crippen LogP) is 1.25. The van der Waals surface area contributed by atoms with E-state index in [4.69, 9.17) is 10.3 Å². The van der Waals surface area contributed by atoms with E-state index in [0.29, 0.717) is 13.2 Å². The topological polar surface area (TPSA) is 58.0 Å². The van der Waals surface area contributed by atoms with Gasteiger partial charge in [0.05, 0.1) is 19.3 Å². The number of hydrogen-bond donors (Lipinski definition) is 0. The van der Waals surface area contributed by atoms with Gasteiger partial charge in [0.2, 0.25) is 0 Å². The standard InChI is InChI=1S/C5H7N3O/c6-8-7-5-2-1-3-9-4-5/h1-2,5H,3-4H2. The molecule has 0 spiro atoms. The normalized spacial score (nSPS) is 25.1. The summed E-state index contributed by atoms with van der Waals surface area (Å²) in [6, 6.07) is -0.0938. The average Bonchev–Trinajstić information content (AvgIpc) is 1.91. The van der Waals surface area contributed by atoms with E-state index in [9.17, 15) is 0 Å². The highest BCUT2D eigenvalue weighted by molar-refractivity contribution is 4.96. The molecule has 9 heavy (non-hydrogen) atoms. The van der Waals surface area contributed by atoms with Crippen LogP contribution in [0.1, 0.15) is 0 Å². The van der Waals surface area contributed by atoms with Crippen molar-refractivity contribution >= 4 is 0 Å². The molecule has 1 heterocycles. The molecule has 4 heteroatoms. The van der Waals surface area contributed by atoms with Gasteiger partial charge in [-0.1, -0.05) is 17.3 Å². The van der Waals surface area contributed by atoms with E-state index in [1.54, 1.807) is 0 Å². The van der Waals surface area contributed by atoms with E-state index >= 15 is 0 Å². The van der Waals surface area contributed by atoms with Crippen molar-refractivity contribution in [2.75, 3.05) is 13.2 Å². The fourth-order valence-electron chi connectivity index (χ4n) is 0.663. The van der Waals surface area contributed by atoms with E-state index < -0.39 is 0 Å². The predicted molar refractivity (Wildman–Crippen MR) is 32.9 cm³/mol. The second-order valence-electron chi connectivity index (χ2n) is 1.74. The molecule has 1 unspecified atom stereocenters. The Labute approximate surface area is 52.8 Å². The quantitative estimate of drug-likeness (QED) is 0.225. The SMILES string of the molecule is [N-]=[N+]=NC1C=CCOC1. The summed E-state index contributed by atoms with van der Waals surface area (Å²) >= 11 is 0. The summed E-state index contributed by atoms with van der Waals surface area (Å²) in [7, 11) is 0. The Morgan fingerprint density at radius 3 is 3.22 bits per heavy atom. The molecule has 0 saturated heterocycles. The second-order valence-corrected chi connectivity index (χ2v) is 1.74. The lowest BCUT2D eigenvalue weighted by molar-refractivity contribution is 0.147. The Balaban J connectivity index is 2.49. The molecule has 4 nitrogen and oxygen atoms in total. The Kier molecular flexibility index (Phi) is 2.13. The van der Waals surface area contributed by atoms with Crippen LogP contribution in [0.2, 0.25) is 0 Å². The zero-order valence-electron chi connectivity index (χ0n) is 4.90. The van der Waals surface area contributed by atoms with E-state index in [1.165, 1.54) is 0 Å². The van der Waals surface area contributed by atoms with Crippen LogP contribution in [0.25, 0.3) is 10.4 Å². The lowest BCUT2D eigenvalue weighted by Gasteiger charge is -2.09. The minimum atomic E-state index is -0.0938. The third-order valence-electron chi connectivity index (χ3n) is 1.06. The summed E-state index contributed by atoms with van der Waals surface area (Å²) in [4.78, 5) is 2.65. The van der Waals surface area contributed by atoms with Gasteiger partial charge in [-0.2, -0.15) is 0 Å². The van der Waals surface area contributed by atoms with Crippen molar-refractivity contribution in [1.82, 2.24) is 0 Å². The second kappa shape index (κ2) is 3.12. The molecule has 0 aromatic rings. The van der Waals surface area contributed by atoms with Gasteiger partial charge in [0.25, 0.3) is 0 Å². The minimum absolute atomic E-state index is 0.0938. The summed E-state index contributed by atoms with van der Waals surface area (Å²) in [6.07, 6.45) is 3.70. The van der Waals surface area contributed by atoms with Crippen molar-refractivity contribution in [2.24, 2.45) is 5.11 Å². The van der Waals surface area contributed by atoms with E-state index in [1.807, 2.05) is 12.2 Å². The van der Waals surface area contributed by atoms with Gasteiger partial charge < -0.3 is 4.74 Å². The molecular formula is C5H7N3O. The maximum atomic E-state index is 7.99. The molecule has 0 radical (unpaired) electrons. The lowest BCUT2D eigenvalue weighted by Crippen LogP contribution is -2.14. The summed E-state index contributed by atoms with van der Waals surface area (Å²) in [5.74, 6) is 0. The molecule has 0 N–H and O–H groups in total. The Morgan fingerprint density at radius 2 is 2.67 bits per heavy atom. The molecule has 0 bridgehead atoms. The van der Waals surface area contributed by atoms with Crippen molar-refractivity contribution in [1.29, 1.82) is 0 Å². The van der Waals surface area contributed by atoms with Crippen LogP contribution in [0.4, 0.5) is 0 Å². The van der Waals surface area contributed by atoms with Crippen LogP contribution in [0.3, 0.4) is 0 Å². The third kappa shape index (κ3) is 1.76. The zero-order chi connectivity index (χ0) is 6.53. The van der Waals surface area contributed by atoms with E-state index in [0.717, 1.165) is 0 Å². The number of rotatable bonds is 1. The number of hydrogen-bond acceptors (Lipinski definition) is 2. The molecule has 1 atom stereocenters. The van der Waals surface area contributed by atoms with E-state index in [2.05, 4.69) is 10.0 Å². The summed E-state index contributed by atoms with van der Waals surface area (Å²) in [5, 5.41) is 3.45. The summed E-state index contributed by atoms with van der Waals surface area (Å²) < 4.78 is 4.98. The molecule has 0 aliphatic carbocycles. The lowest BCUT2D eigenvalue weighted by atomic mass is 10.3. The first-order valence-corrected chi connectivity index (χ1v) is 2.72. The van der Waals surface area contributed by atoms with Crippen LogP contribution in [0.5, 0.6) is 0 Å². The number of azide groups is 1. The fourth-order valence-corrected chi connectivity index (χ4v) is 0.663. The summed E-state index contributed by atoms with van der Waals surface area (Å²) in [6.45, 7) is 1.15. The molecule has 48 valence electrons. The van der Waals surface area contributed by atoms with Crippen LogP contribution < -0.4 is 0 Å². The number of nitrogens with zero attached hydrogens (tertiary/aromatic N) is 3. The van der Waals surface area contributed by atoms with Crippen LogP contribution >= 0.6 is 0 Å².